The van der Waals surface area contributed by atoms with Gasteiger partial charge >= 0.3 is 0 Å². The minimum Gasteiger partial charge on any atom is -0.297 e. The van der Waals surface area contributed by atoms with Gasteiger partial charge in [0.15, 0.2) is 0 Å². The first-order valence-electron chi connectivity index (χ1n) is 5.56. The predicted octanol–water partition coefficient (Wildman–Crippen LogP) is 4.24. The van der Waals surface area contributed by atoms with E-state index >= 15 is 0 Å². The van der Waals surface area contributed by atoms with Crippen LogP contribution >= 0.6 is 15.9 Å². The first-order valence-corrected chi connectivity index (χ1v) is 6.35. The Morgan fingerprint density at radius 2 is 1.83 bits per heavy atom. The van der Waals surface area contributed by atoms with Crippen LogP contribution in [0.5, 0.6) is 0 Å². The summed E-state index contributed by atoms with van der Waals surface area (Å²) in [6.45, 7) is 1.94. The monoisotopic (exact) mass is 304 g/mol. The highest BCUT2D eigenvalue weighted by atomic mass is 79.9. The van der Waals surface area contributed by atoms with E-state index in [1.165, 1.54) is 12.1 Å². The molecule has 0 spiro atoms. The highest BCUT2D eigenvalue weighted by Crippen LogP contribution is 2.24. The van der Waals surface area contributed by atoms with Gasteiger partial charge in [0.2, 0.25) is 0 Å². The van der Waals surface area contributed by atoms with Crippen molar-refractivity contribution >= 4 is 27.0 Å². The van der Waals surface area contributed by atoms with E-state index in [0.717, 1.165) is 27.0 Å². The van der Waals surface area contributed by atoms with E-state index in [-0.39, 0.29) is 5.82 Å². The molecule has 2 aromatic carbocycles. The summed E-state index contributed by atoms with van der Waals surface area (Å²) in [5.74, 6) is 0.651. The molecule has 2 nitrogen and oxygen atoms in total. The van der Waals surface area contributed by atoms with Gasteiger partial charge in [-0.25, -0.2) is 9.37 Å². The maximum atomic E-state index is 13.0. The van der Waals surface area contributed by atoms with Crippen LogP contribution in [0.3, 0.4) is 0 Å². The zero-order chi connectivity index (χ0) is 12.7. The first kappa shape index (κ1) is 11.4. The minimum absolute atomic E-state index is 0.233. The van der Waals surface area contributed by atoms with E-state index in [1.54, 1.807) is 12.1 Å². The van der Waals surface area contributed by atoms with Crippen molar-refractivity contribution in [3.8, 4) is 5.69 Å². The molecule has 0 aliphatic heterocycles. The third-order valence-corrected chi connectivity index (χ3v) is 3.36. The topological polar surface area (TPSA) is 17.8 Å². The fraction of sp³-hybridized carbons (Fsp3) is 0.0714. The third kappa shape index (κ3) is 1.82. The Bertz CT molecular complexity index is 716. The lowest BCUT2D eigenvalue weighted by molar-refractivity contribution is 0.627. The van der Waals surface area contributed by atoms with Crippen LogP contribution in [-0.2, 0) is 0 Å². The Kier molecular flexibility index (Phi) is 2.67. The van der Waals surface area contributed by atoms with Gasteiger partial charge in [0.1, 0.15) is 11.6 Å². The summed E-state index contributed by atoms with van der Waals surface area (Å²) in [5.41, 5.74) is 2.85. The minimum atomic E-state index is -0.233. The van der Waals surface area contributed by atoms with Crippen LogP contribution in [-0.4, -0.2) is 9.55 Å². The summed E-state index contributed by atoms with van der Waals surface area (Å²) in [4.78, 5) is 4.51. The Morgan fingerprint density at radius 1 is 1.11 bits per heavy atom. The summed E-state index contributed by atoms with van der Waals surface area (Å²) in [6.07, 6.45) is 0. The van der Waals surface area contributed by atoms with Crippen LogP contribution in [0, 0.1) is 12.7 Å². The number of benzene rings is 2. The fourth-order valence-corrected chi connectivity index (χ4v) is 2.44. The largest absolute Gasteiger partial charge is 0.297 e. The number of aryl methyl sites for hydroxylation is 1. The van der Waals surface area contributed by atoms with E-state index in [2.05, 4.69) is 20.9 Å². The van der Waals surface area contributed by atoms with Gasteiger partial charge < -0.3 is 0 Å². The second kappa shape index (κ2) is 4.21. The number of halogens is 2. The molecule has 0 atom stereocenters. The summed E-state index contributed by atoms with van der Waals surface area (Å²) < 4.78 is 16.0. The van der Waals surface area contributed by atoms with Gasteiger partial charge in [-0.05, 0) is 49.4 Å². The van der Waals surface area contributed by atoms with E-state index in [0.29, 0.717) is 0 Å². The second-order valence-corrected chi connectivity index (χ2v) is 5.02. The van der Waals surface area contributed by atoms with Gasteiger partial charge in [-0.2, -0.15) is 0 Å². The molecule has 0 amide bonds. The Morgan fingerprint density at radius 3 is 2.56 bits per heavy atom. The molecule has 0 bridgehead atoms. The van der Waals surface area contributed by atoms with E-state index in [9.17, 15) is 4.39 Å². The number of hydrogen-bond donors (Lipinski definition) is 0. The van der Waals surface area contributed by atoms with Gasteiger partial charge in [-0.1, -0.05) is 15.9 Å². The Balaban J connectivity index is 2.28. The molecule has 0 N–H and O–H groups in total. The first-order chi connectivity index (χ1) is 8.65. The standard InChI is InChI=1S/C14H10BrFN2/c1-9-17-13-8-10(15)2-7-14(13)18(9)12-5-3-11(16)4-6-12/h2-8H,1H3. The van der Waals surface area contributed by atoms with Crippen molar-refractivity contribution in [1.82, 2.24) is 9.55 Å². The summed E-state index contributed by atoms with van der Waals surface area (Å²) in [7, 11) is 0. The van der Waals surface area contributed by atoms with Crippen molar-refractivity contribution < 1.29 is 4.39 Å². The molecule has 3 aromatic rings. The van der Waals surface area contributed by atoms with Crippen LogP contribution < -0.4 is 0 Å². The molecule has 4 heteroatoms. The zero-order valence-corrected chi connectivity index (χ0v) is 11.3. The highest BCUT2D eigenvalue weighted by Gasteiger charge is 2.09. The number of fused-ring (bicyclic) bond motifs is 1. The molecule has 3 rings (SSSR count). The van der Waals surface area contributed by atoms with Crippen molar-refractivity contribution in [2.75, 3.05) is 0 Å². The number of hydrogen-bond acceptors (Lipinski definition) is 1. The van der Waals surface area contributed by atoms with Gasteiger partial charge in [0.25, 0.3) is 0 Å². The SMILES string of the molecule is Cc1nc2cc(Br)ccc2n1-c1ccc(F)cc1. The molecule has 0 saturated heterocycles. The molecule has 0 aliphatic carbocycles. The van der Waals surface area contributed by atoms with Crippen molar-refractivity contribution in [1.29, 1.82) is 0 Å². The Labute approximate surface area is 112 Å². The second-order valence-electron chi connectivity index (χ2n) is 4.10. The van der Waals surface area contributed by atoms with Crippen molar-refractivity contribution in [2.24, 2.45) is 0 Å². The average Bonchev–Trinajstić information content (AvgIpc) is 2.65. The van der Waals surface area contributed by atoms with Crippen molar-refractivity contribution in [3.05, 3.63) is 58.6 Å². The van der Waals surface area contributed by atoms with Crippen molar-refractivity contribution in [2.45, 2.75) is 6.92 Å². The van der Waals surface area contributed by atoms with Gasteiger partial charge in [-0.3, -0.25) is 4.57 Å². The number of imidazole rings is 1. The van der Waals surface area contributed by atoms with Gasteiger partial charge in [-0.15, -0.1) is 0 Å². The molecule has 1 aromatic heterocycles. The normalized spacial score (nSPS) is 11.1. The number of rotatable bonds is 1. The maximum Gasteiger partial charge on any atom is 0.123 e. The number of aromatic nitrogens is 2. The molecule has 18 heavy (non-hydrogen) atoms. The molecular formula is C14H10BrFN2. The highest BCUT2D eigenvalue weighted by molar-refractivity contribution is 9.10. The average molecular weight is 305 g/mol. The molecule has 0 aliphatic rings. The summed E-state index contributed by atoms with van der Waals surface area (Å²) in [6, 6.07) is 12.4. The molecule has 0 fully saturated rings. The molecule has 1 heterocycles. The van der Waals surface area contributed by atoms with Gasteiger partial charge in [0.05, 0.1) is 11.0 Å². The molecule has 90 valence electrons. The van der Waals surface area contributed by atoms with E-state index in [4.69, 9.17) is 0 Å². The smallest absolute Gasteiger partial charge is 0.123 e. The molecule has 0 saturated carbocycles. The summed E-state index contributed by atoms with van der Waals surface area (Å²) in [5, 5.41) is 0. The molecule has 0 unspecified atom stereocenters. The van der Waals surface area contributed by atoms with Crippen molar-refractivity contribution in [3.63, 3.8) is 0 Å². The van der Waals surface area contributed by atoms with Crippen LogP contribution in [0.15, 0.2) is 46.9 Å². The van der Waals surface area contributed by atoms with Crippen LogP contribution in [0.1, 0.15) is 5.82 Å². The van der Waals surface area contributed by atoms with E-state index < -0.39 is 0 Å². The summed E-state index contributed by atoms with van der Waals surface area (Å²) >= 11 is 3.43. The van der Waals surface area contributed by atoms with Crippen LogP contribution in [0.4, 0.5) is 4.39 Å². The predicted molar refractivity (Wildman–Crippen MR) is 73.5 cm³/mol. The lowest BCUT2D eigenvalue weighted by Crippen LogP contribution is -1.96. The molecular weight excluding hydrogens is 295 g/mol. The quantitative estimate of drug-likeness (QED) is 0.657. The lowest BCUT2D eigenvalue weighted by atomic mass is 10.2. The van der Waals surface area contributed by atoms with Crippen LogP contribution in [0.25, 0.3) is 16.7 Å². The zero-order valence-electron chi connectivity index (χ0n) is 9.69. The van der Waals surface area contributed by atoms with Crippen LogP contribution in [0.2, 0.25) is 0 Å². The number of nitrogens with zero attached hydrogens (tertiary/aromatic N) is 2. The molecule has 0 radical (unpaired) electrons. The maximum absolute atomic E-state index is 13.0. The van der Waals surface area contributed by atoms with Gasteiger partial charge in [0, 0.05) is 10.2 Å². The fourth-order valence-electron chi connectivity index (χ4n) is 2.09. The van der Waals surface area contributed by atoms with E-state index in [1.807, 2.05) is 29.7 Å². The lowest BCUT2D eigenvalue weighted by Gasteiger charge is -2.06. The Hall–Kier alpha value is -1.68. The third-order valence-electron chi connectivity index (χ3n) is 2.87.